The van der Waals surface area contributed by atoms with Crippen molar-refractivity contribution in [2.75, 3.05) is 13.2 Å². The van der Waals surface area contributed by atoms with Gasteiger partial charge in [0.05, 0.1) is 28.6 Å². The molecule has 1 fully saturated rings. The Morgan fingerprint density at radius 3 is 2.59 bits per heavy atom. The van der Waals surface area contributed by atoms with Gasteiger partial charge >= 0.3 is 11.9 Å². The molecule has 0 amide bonds. The Morgan fingerprint density at radius 1 is 1.31 bits per heavy atom. The molecule has 0 aromatic heterocycles. The number of hydrogen-bond donors (Lipinski definition) is 1. The topological polar surface area (TPSA) is 117 Å². The molecule has 9 heteroatoms. The van der Waals surface area contributed by atoms with Gasteiger partial charge in [0.15, 0.2) is 0 Å². The molecule has 1 N–H and O–H groups in total. The predicted octanol–water partition coefficient (Wildman–Crippen LogP) is 3.63. The van der Waals surface area contributed by atoms with Gasteiger partial charge in [-0.1, -0.05) is 24.8 Å². The first-order chi connectivity index (χ1) is 15.2. The number of carbonyl (C=O) groups excluding carboxylic acids is 2. The fourth-order valence-electron chi connectivity index (χ4n) is 3.98. The van der Waals surface area contributed by atoms with E-state index in [0.29, 0.717) is 30.0 Å². The first-order valence-electron chi connectivity index (χ1n) is 10.2. The molecule has 32 heavy (non-hydrogen) atoms. The van der Waals surface area contributed by atoms with Gasteiger partial charge in [-0.2, -0.15) is 0 Å². The smallest absolute Gasteiger partial charge is 0.339 e. The van der Waals surface area contributed by atoms with Crippen molar-refractivity contribution in [3.05, 3.63) is 75.1 Å². The third-order valence-corrected chi connectivity index (χ3v) is 5.44. The summed E-state index contributed by atoms with van der Waals surface area (Å²) in [6.07, 6.45) is 2.73. The van der Waals surface area contributed by atoms with Crippen molar-refractivity contribution >= 4 is 17.6 Å². The third-order valence-electron chi connectivity index (χ3n) is 5.44. The monoisotopic (exact) mass is 442 g/mol. The fraction of sp³-hybridized carbons (Fsp3) is 0.391. The first kappa shape index (κ1) is 23.2. The second-order valence-electron chi connectivity index (χ2n) is 7.85. The van der Waals surface area contributed by atoms with Gasteiger partial charge in [0, 0.05) is 36.9 Å². The van der Waals surface area contributed by atoms with E-state index in [1.165, 1.54) is 24.3 Å². The highest BCUT2D eigenvalue weighted by Crippen LogP contribution is 2.41. The number of nitrogens with zero attached hydrogens (tertiary/aromatic N) is 1. The summed E-state index contributed by atoms with van der Waals surface area (Å²) < 4.78 is 16.5. The lowest BCUT2D eigenvalue weighted by molar-refractivity contribution is -0.384. The number of nitro benzene ring substituents is 1. The Bertz CT molecular complexity index is 1020. The molecule has 2 aliphatic heterocycles. The molecule has 1 aromatic rings. The highest BCUT2D eigenvalue weighted by Gasteiger charge is 2.42. The summed E-state index contributed by atoms with van der Waals surface area (Å²) in [4.78, 5) is 37.1. The minimum atomic E-state index is -1.07. The van der Waals surface area contributed by atoms with Crippen molar-refractivity contribution in [2.24, 2.45) is 0 Å². The molecule has 0 radical (unpaired) electrons. The molecule has 0 bridgehead atoms. The summed E-state index contributed by atoms with van der Waals surface area (Å²) in [5.74, 6) is -3.33. The van der Waals surface area contributed by atoms with E-state index >= 15 is 0 Å². The Hall–Kier alpha value is -3.46. The van der Waals surface area contributed by atoms with Crippen LogP contribution in [0.4, 0.5) is 5.69 Å². The normalized spacial score (nSPS) is 22.9. The maximum absolute atomic E-state index is 13.3. The Kier molecular flexibility index (Phi) is 6.78. The van der Waals surface area contributed by atoms with Crippen LogP contribution in [0.5, 0.6) is 0 Å². The molecule has 2 aliphatic rings. The maximum atomic E-state index is 13.3. The number of nitrogens with one attached hydrogen (secondary N) is 1. The SMILES string of the molecule is C=CCOC(=O)C1=C(C)NC(C)=C(C(=O)OC2(C)CCCO2)C1c1cccc([N+](=O)[O-])c1. The zero-order valence-electron chi connectivity index (χ0n) is 18.3. The molecular formula is C23H26N2O7. The predicted molar refractivity (Wildman–Crippen MR) is 115 cm³/mol. The van der Waals surface area contributed by atoms with Crippen LogP contribution >= 0.6 is 0 Å². The van der Waals surface area contributed by atoms with Crippen LogP contribution in [-0.2, 0) is 23.8 Å². The number of nitro groups is 1. The third kappa shape index (κ3) is 4.72. The number of esters is 2. The van der Waals surface area contributed by atoms with Crippen LogP contribution in [0.25, 0.3) is 0 Å². The molecule has 0 saturated carbocycles. The van der Waals surface area contributed by atoms with Crippen molar-refractivity contribution < 1.29 is 28.7 Å². The lowest BCUT2D eigenvalue weighted by atomic mass is 9.80. The number of hydrogen-bond acceptors (Lipinski definition) is 8. The highest BCUT2D eigenvalue weighted by molar-refractivity contribution is 6.00. The number of benzene rings is 1. The number of rotatable bonds is 7. The van der Waals surface area contributed by atoms with E-state index in [1.54, 1.807) is 26.8 Å². The van der Waals surface area contributed by atoms with Crippen LogP contribution in [0, 0.1) is 10.1 Å². The second-order valence-corrected chi connectivity index (χ2v) is 7.85. The Morgan fingerprint density at radius 2 is 2.00 bits per heavy atom. The molecule has 0 spiro atoms. The van der Waals surface area contributed by atoms with Crippen molar-refractivity contribution in [1.82, 2.24) is 5.32 Å². The molecular weight excluding hydrogens is 416 g/mol. The van der Waals surface area contributed by atoms with Gasteiger partial charge in [0.25, 0.3) is 5.69 Å². The van der Waals surface area contributed by atoms with E-state index in [2.05, 4.69) is 11.9 Å². The lowest BCUT2D eigenvalue weighted by Gasteiger charge is -2.32. The maximum Gasteiger partial charge on any atom is 0.339 e. The van der Waals surface area contributed by atoms with Gasteiger partial charge in [0.1, 0.15) is 6.61 Å². The number of dihydropyridines is 1. The Labute approximate surface area is 185 Å². The van der Waals surface area contributed by atoms with Gasteiger partial charge < -0.3 is 19.5 Å². The van der Waals surface area contributed by atoms with Gasteiger partial charge in [-0.05, 0) is 25.8 Å². The zero-order valence-corrected chi connectivity index (χ0v) is 18.3. The van der Waals surface area contributed by atoms with Gasteiger partial charge in [0.2, 0.25) is 5.79 Å². The van der Waals surface area contributed by atoms with E-state index < -0.39 is 28.6 Å². The van der Waals surface area contributed by atoms with Crippen LogP contribution in [0.3, 0.4) is 0 Å². The number of carbonyl (C=O) groups is 2. The van der Waals surface area contributed by atoms with Crippen LogP contribution in [0.1, 0.15) is 45.1 Å². The van der Waals surface area contributed by atoms with E-state index in [-0.39, 0.29) is 23.4 Å². The minimum Gasteiger partial charge on any atom is -0.458 e. The largest absolute Gasteiger partial charge is 0.458 e. The molecule has 3 rings (SSSR count). The van der Waals surface area contributed by atoms with Crippen molar-refractivity contribution in [3.8, 4) is 0 Å². The molecule has 0 aliphatic carbocycles. The standard InChI is InChI=1S/C23H26N2O7/c1-5-11-30-21(26)18-14(2)24-15(3)19(22(27)32-23(4)10-7-12-31-23)20(18)16-8-6-9-17(13-16)25(28)29/h5-6,8-9,13,20,24H,1,7,10-12H2,2-4H3. The summed E-state index contributed by atoms with van der Waals surface area (Å²) in [6.45, 7) is 9.06. The van der Waals surface area contributed by atoms with Crippen molar-refractivity contribution in [1.29, 1.82) is 0 Å². The summed E-state index contributed by atoms with van der Waals surface area (Å²) in [5.41, 5.74) is 1.53. The molecule has 9 nitrogen and oxygen atoms in total. The summed E-state index contributed by atoms with van der Waals surface area (Å²) in [6, 6.07) is 5.83. The minimum absolute atomic E-state index is 0.0222. The fourth-order valence-corrected chi connectivity index (χ4v) is 3.98. The second kappa shape index (κ2) is 9.35. The average Bonchev–Trinajstić information content (AvgIpc) is 3.17. The number of allylic oxidation sites excluding steroid dienone is 2. The van der Waals surface area contributed by atoms with Crippen LogP contribution in [-0.4, -0.2) is 35.9 Å². The van der Waals surface area contributed by atoms with Crippen LogP contribution in [0.15, 0.2) is 59.5 Å². The van der Waals surface area contributed by atoms with Gasteiger partial charge in [-0.15, -0.1) is 0 Å². The quantitative estimate of drug-likeness (QED) is 0.294. The summed E-state index contributed by atoms with van der Waals surface area (Å²) in [5, 5.41) is 14.4. The summed E-state index contributed by atoms with van der Waals surface area (Å²) in [7, 11) is 0. The van der Waals surface area contributed by atoms with Gasteiger partial charge in [-0.25, -0.2) is 9.59 Å². The van der Waals surface area contributed by atoms with E-state index in [4.69, 9.17) is 14.2 Å². The Balaban J connectivity index is 2.10. The molecule has 2 atom stereocenters. The van der Waals surface area contributed by atoms with Crippen LogP contribution in [0.2, 0.25) is 0 Å². The van der Waals surface area contributed by atoms with Crippen molar-refractivity contribution in [2.45, 2.75) is 45.3 Å². The molecule has 1 saturated heterocycles. The van der Waals surface area contributed by atoms with Crippen LogP contribution < -0.4 is 5.32 Å². The highest BCUT2D eigenvalue weighted by atomic mass is 16.7. The first-order valence-corrected chi connectivity index (χ1v) is 10.2. The molecule has 170 valence electrons. The van der Waals surface area contributed by atoms with Gasteiger partial charge in [-0.3, -0.25) is 10.1 Å². The van der Waals surface area contributed by atoms with E-state index in [0.717, 1.165) is 6.42 Å². The molecule has 2 unspecified atom stereocenters. The average molecular weight is 442 g/mol. The number of ether oxygens (including phenoxy) is 3. The molecule has 1 aromatic carbocycles. The van der Waals surface area contributed by atoms with E-state index in [1.807, 2.05) is 0 Å². The lowest BCUT2D eigenvalue weighted by Crippen LogP contribution is -2.37. The summed E-state index contributed by atoms with van der Waals surface area (Å²) >= 11 is 0. The van der Waals surface area contributed by atoms with E-state index in [9.17, 15) is 19.7 Å². The zero-order chi connectivity index (χ0) is 23.5. The molecule has 2 heterocycles. The van der Waals surface area contributed by atoms with Crippen molar-refractivity contribution in [3.63, 3.8) is 0 Å². The number of non-ortho nitro benzene ring substituents is 1.